The number of halogens is 1. The Hall–Kier alpha value is -3.39. The van der Waals surface area contributed by atoms with Crippen LogP contribution in [0, 0.1) is 5.82 Å². The van der Waals surface area contributed by atoms with E-state index >= 15 is 0 Å². The molecule has 0 aliphatic carbocycles. The van der Waals surface area contributed by atoms with Crippen molar-refractivity contribution in [3.63, 3.8) is 0 Å². The zero-order valence-corrected chi connectivity index (χ0v) is 18.3. The molecule has 2 heterocycles. The molecule has 0 saturated carbocycles. The molecule has 0 unspecified atom stereocenters. The lowest BCUT2D eigenvalue weighted by Gasteiger charge is -2.27. The van der Waals surface area contributed by atoms with Gasteiger partial charge in [-0.25, -0.2) is 4.39 Å². The van der Waals surface area contributed by atoms with Gasteiger partial charge >= 0.3 is 0 Å². The maximum atomic E-state index is 13.8. The standard InChI is InChI=1S/C24H22FN3O3S/c1-3-12-32-24-27-23(30)21-18(13-20(29)26-22(21)28(24)2)15-8-10-17(11-9-15)31-14-16-6-4-5-7-19(16)25/h3-11,18H,1,12-14H2,2H3,(H,26,29)/t18-/m0/s1. The second-order valence-electron chi connectivity index (χ2n) is 7.37. The molecule has 0 saturated heterocycles. The van der Waals surface area contributed by atoms with E-state index in [4.69, 9.17) is 4.74 Å². The summed E-state index contributed by atoms with van der Waals surface area (Å²) in [5.74, 6) is 0.748. The van der Waals surface area contributed by atoms with Crippen molar-refractivity contribution >= 4 is 23.5 Å². The molecule has 1 N–H and O–H groups in total. The molecule has 32 heavy (non-hydrogen) atoms. The first-order valence-electron chi connectivity index (χ1n) is 10.1. The van der Waals surface area contributed by atoms with Gasteiger partial charge in [-0.15, -0.1) is 6.58 Å². The van der Waals surface area contributed by atoms with Gasteiger partial charge in [-0.1, -0.05) is 48.2 Å². The minimum absolute atomic E-state index is 0.107. The summed E-state index contributed by atoms with van der Waals surface area (Å²) in [6, 6.07) is 13.6. The topological polar surface area (TPSA) is 73.2 Å². The molecule has 0 fully saturated rings. The number of thioether (sulfide) groups is 1. The molecule has 8 heteroatoms. The fourth-order valence-corrected chi connectivity index (χ4v) is 4.35. The van der Waals surface area contributed by atoms with Crippen molar-refractivity contribution in [1.29, 1.82) is 0 Å². The highest BCUT2D eigenvalue weighted by Gasteiger charge is 2.32. The zero-order valence-electron chi connectivity index (χ0n) is 17.5. The van der Waals surface area contributed by atoms with Gasteiger partial charge in [-0.2, -0.15) is 4.98 Å². The van der Waals surface area contributed by atoms with E-state index in [0.717, 1.165) is 5.56 Å². The number of carbonyl (C=O) groups excluding carboxylic acids is 1. The molecule has 1 aromatic heterocycles. The number of aromatic nitrogens is 2. The van der Waals surface area contributed by atoms with Gasteiger partial charge in [0.1, 0.15) is 24.0 Å². The Kier molecular flexibility index (Phi) is 6.41. The third-order valence-corrected chi connectivity index (χ3v) is 6.29. The van der Waals surface area contributed by atoms with Crippen LogP contribution in [-0.4, -0.2) is 21.2 Å². The van der Waals surface area contributed by atoms with E-state index in [0.29, 0.717) is 33.6 Å². The highest BCUT2D eigenvalue weighted by atomic mass is 32.2. The number of nitrogens with one attached hydrogen (secondary N) is 1. The number of nitrogens with zero attached hydrogens (tertiary/aromatic N) is 2. The first-order chi connectivity index (χ1) is 15.5. The van der Waals surface area contributed by atoms with E-state index in [1.54, 1.807) is 48.0 Å². The molecular formula is C24H22FN3O3S. The van der Waals surface area contributed by atoms with Crippen LogP contribution in [0.15, 0.2) is 71.1 Å². The minimum atomic E-state index is -0.413. The molecule has 1 aliphatic rings. The fraction of sp³-hybridized carbons (Fsp3) is 0.208. The third-order valence-electron chi connectivity index (χ3n) is 5.27. The summed E-state index contributed by atoms with van der Waals surface area (Å²) in [6.07, 6.45) is 1.88. The Morgan fingerprint density at radius 3 is 2.72 bits per heavy atom. The highest BCUT2D eigenvalue weighted by molar-refractivity contribution is 7.99. The molecule has 1 atom stereocenters. The van der Waals surface area contributed by atoms with Crippen LogP contribution in [0.4, 0.5) is 10.2 Å². The Bertz CT molecular complexity index is 1220. The predicted octanol–water partition coefficient (Wildman–Crippen LogP) is 4.25. The van der Waals surface area contributed by atoms with Gasteiger partial charge in [-0.3, -0.25) is 9.59 Å². The quantitative estimate of drug-likeness (QED) is 0.330. The molecule has 0 bridgehead atoms. The minimum Gasteiger partial charge on any atom is -0.489 e. The van der Waals surface area contributed by atoms with Crippen molar-refractivity contribution in [3.8, 4) is 5.75 Å². The Morgan fingerprint density at radius 1 is 1.25 bits per heavy atom. The number of rotatable bonds is 7. The van der Waals surface area contributed by atoms with Crippen LogP contribution < -0.4 is 15.6 Å². The van der Waals surface area contributed by atoms with E-state index in [9.17, 15) is 14.0 Å². The maximum Gasteiger partial charge on any atom is 0.279 e. The molecule has 6 nitrogen and oxygen atoms in total. The van der Waals surface area contributed by atoms with Gasteiger partial charge in [0.05, 0.1) is 5.56 Å². The van der Waals surface area contributed by atoms with Crippen molar-refractivity contribution in [2.45, 2.75) is 24.1 Å². The normalized spacial score (nSPS) is 15.1. The lowest BCUT2D eigenvalue weighted by Crippen LogP contribution is -2.33. The van der Waals surface area contributed by atoms with Gasteiger partial charge in [-0.05, 0) is 23.8 Å². The number of hydrogen-bond acceptors (Lipinski definition) is 5. The summed E-state index contributed by atoms with van der Waals surface area (Å²) in [5.41, 5.74) is 1.39. The monoisotopic (exact) mass is 451 g/mol. The van der Waals surface area contributed by atoms with Crippen LogP contribution in [0.25, 0.3) is 0 Å². The molecule has 1 amide bonds. The maximum absolute atomic E-state index is 13.8. The fourth-order valence-electron chi connectivity index (χ4n) is 3.66. The summed E-state index contributed by atoms with van der Waals surface area (Å²) >= 11 is 1.38. The SMILES string of the molecule is C=CCSc1nc(=O)c2c(n1C)NC(=O)C[C@H]2c1ccc(OCc2ccccc2F)cc1. The van der Waals surface area contributed by atoms with Crippen LogP contribution in [0.3, 0.4) is 0 Å². The van der Waals surface area contributed by atoms with Crippen molar-refractivity contribution in [3.05, 3.63) is 94.0 Å². The number of hydrogen-bond donors (Lipinski definition) is 1. The van der Waals surface area contributed by atoms with Crippen molar-refractivity contribution in [1.82, 2.24) is 9.55 Å². The van der Waals surface area contributed by atoms with Crippen molar-refractivity contribution < 1.29 is 13.9 Å². The van der Waals surface area contributed by atoms with E-state index in [1.807, 2.05) is 12.1 Å². The number of amides is 1. The lowest BCUT2D eigenvalue weighted by molar-refractivity contribution is -0.116. The van der Waals surface area contributed by atoms with Crippen molar-refractivity contribution in [2.75, 3.05) is 11.1 Å². The van der Waals surface area contributed by atoms with Gasteiger partial charge in [0, 0.05) is 30.7 Å². The predicted molar refractivity (Wildman–Crippen MR) is 123 cm³/mol. The second-order valence-corrected chi connectivity index (χ2v) is 8.36. The van der Waals surface area contributed by atoms with Gasteiger partial charge in [0.2, 0.25) is 5.91 Å². The third kappa shape index (κ3) is 4.45. The number of anilines is 1. The summed E-state index contributed by atoms with van der Waals surface area (Å²) in [5, 5.41) is 3.35. The van der Waals surface area contributed by atoms with Crippen LogP contribution in [0.5, 0.6) is 5.75 Å². The summed E-state index contributed by atoms with van der Waals surface area (Å²) in [6.45, 7) is 3.79. The summed E-state index contributed by atoms with van der Waals surface area (Å²) in [4.78, 5) is 29.5. The number of ether oxygens (including phenoxy) is 1. The molecule has 1 aliphatic heterocycles. The highest BCUT2D eigenvalue weighted by Crippen LogP contribution is 2.36. The summed E-state index contributed by atoms with van der Waals surface area (Å²) < 4.78 is 21.2. The van der Waals surface area contributed by atoms with Crippen LogP contribution in [0.1, 0.15) is 29.0 Å². The van der Waals surface area contributed by atoms with E-state index < -0.39 is 5.92 Å². The molecule has 164 valence electrons. The Labute approximate surface area is 189 Å². The zero-order chi connectivity index (χ0) is 22.7. The van der Waals surface area contributed by atoms with Gasteiger partial charge in [0.15, 0.2) is 5.16 Å². The van der Waals surface area contributed by atoms with E-state index in [-0.39, 0.29) is 30.3 Å². The van der Waals surface area contributed by atoms with Gasteiger partial charge in [0.25, 0.3) is 5.56 Å². The molecule has 3 aromatic rings. The van der Waals surface area contributed by atoms with E-state index in [1.165, 1.54) is 17.8 Å². The van der Waals surface area contributed by atoms with E-state index in [2.05, 4.69) is 16.9 Å². The molecule has 0 spiro atoms. The largest absolute Gasteiger partial charge is 0.489 e. The average Bonchev–Trinajstić information content (AvgIpc) is 2.79. The molecule has 2 aromatic carbocycles. The first-order valence-corrected chi connectivity index (χ1v) is 11.1. The first kappa shape index (κ1) is 21.8. The smallest absolute Gasteiger partial charge is 0.279 e. The lowest BCUT2D eigenvalue weighted by atomic mass is 9.87. The average molecular weight is 452 g/mol. The molecular weight excluding hydrogens is 429 g/mol. The summed E-state index contributed by atoms with van der Waals surface area (Å²) in [7, 11) is 1.78. The van der Waals surface area contributed by atoms with Gasteiger partial charge < -0.3 is 14.6 Å². The van der Waals surface area contributed by atoms with Crippen LogP contribution in [-0.2, 0) is 18.4 Å². The van der Waals surface area contributed by atoms with Crippen molar-refractivity contribution in [2.24, 2.45) is 7.05 Å². The number of carbonyl (C=O) groups is 1. The Balaban J connectivity index is 1.60. The number of fused-ring (bicyclic) bond motifs is 1. The number of benzene rings is 2. The molecule has 0 radical (unpaired) electrons. The molecule has 4 rings (SSSR count). The van der Waals surface area contributed by atoms with Crippen LogP contribution >= 0.6 is 11.8 Å². The second kappa shape index (κ2) is 9.40. The Morgan fingerprint density at radius 2 is 2.00 bits per heavy atom. The van der Waals surface area contributed by atoms with Crippen LogP contribution in [0.2, 0.25) is 0 Å².